The maximum atomic E-state index is 9.12. The van der Waals surface area contributed by atoms with E-state index < -0.39 is 49.3 Å². The average molecular weight is 270 g/mol. The van der Waals surface area contributed by atoms with Crippen molar-refractivity contribution in [1.29, 1.82) is 0 Å². The topological polar surface area (TPSA) is 185 Å². The number of aliphatic hydroxyl groups excluding tert-OH is 5. The predicted octanol–water partition coefficient (Wildman–Crippen LogP) is -4.07. The minimum atomic E-state index is -1.82. The molecule has 0 aromatic heterocycles. The summed E-state index contributed by atoms with van der Waals surface area (Å²) in [7, 11) is 0. The van der Waals surface area contributed by atoms with E-state index in [1.807, 2.05) is 0 Å². The highest BCUT2D eigenvalue weighted by atomic mass is 16.6. The molecule has 0 aromatic rings. The van der Waals surface area contributed by atoms with Gasteiger partial charge in [0.25, 0.3) is 0 Å². The van der Waals surface area contributed by atoms with Gasteiger partial charge in [0.15, 0.2) is 6.29 Å². The second kappa shape index (κ2) is 7.20. The maximum Gasteiger partial charge on any atom is 0.414 e. The molecule has 0 aromatic carbocycles. The number of carboxylic acid groups (broad SMARTS) is 2. The van der Waals surface area contributed by atoms with Gasteiger partial charge in [-0.05, 0) is 0 Å². The Morgan fingerprint density at radius 2 is 1.33 bits per heavy atom. The Morgan fingerprint density at radius 3 is 1.67 bits per heavy atom. The first-order chi connectivity index (χ1) is 8.22. The number of carbonyl (C=O) groups is 2. The first-order valence-corrected chi connectivity index (χ1v) is 4.67. The molecule has 106 valence electrons. The van der Waals surface area contributed by atoms with Crippen molar-refractivity contribution < 1.29 is 50.1 Å². The molecule has 0 saturated carbocycles. The Bertz CT molecular complexity index is 275. The van der Waals surface area contributed by atoms with Crippen LogP contribution in [-0.2, 0) is 14.3 Å². The van der Waals surface area contributed by atoms with Gasteiger partial charge >= 0.3 is 11.9 Å². The lowest BCUT2D eigenvalue weighted by Crippen LogP contribution is -2.58. The van der Waals surface area contributed by atoms with Crippen molar-refractivity contribution >= 4 is 11.9 Å². The fourth-order valence-electron chi connectivity index (χ4n) is 1.08. The highest BCUT2D eigenvalue weighted by molar-refractivity contribution is 6.27. The zero-order valence-corrected chi connectivity index (χ0v) is 8.95. The van der Waals surface area contributed by atoms with E-state index in [9.17, 15) is 0 Å². The Morgan fingerprint density at radius 1 is 0.889 bits per heavy atom. The molecule has 0 radical (unpaired) electrons. The van der Waals surface area contributed by atoms with Crippen LogP contribution in [0.3, 0.4) is 0 Å². The third-order valence-electron chi connectivity index (χ3n) is 2.05. The molecule has 0 aliphatic carbocycles. The first-order valence-electron chi connectivity index (χ1n) is 4.67. The van der Waals surface area contributed by atoms with Gasteiger partial charge in [0.05, 0.1) is 6.61 Å². The molecule has 0 unspecified atom stereocenters. The Hall–Kier alpha value is -1.30. The highest BCUT2D eigenvalue weighted by Crippen LogP contribution is 2.18. The SMILES string of the molecule is O=C(O)C(=O)O.OC[C@@H]1O[C@H](O)[C@H](O)[C@H](O)[C@H]1O. The molecule has 1 fully saturated rings. The van der Waals surface area contributed by atoms with Gasteiger partial charge in [-0.1, -0.05) is 0 Å². The highest BCUT2D eigenvalue weighted by Gasteiger charge is 2.42. The van der Waals surface area contributed by atoms with Crippen molar-refractivity contribution in [3.63, 3.8) is 0 Å². The molecular weight excluding hydrogens is 256 g/mol. The molecule has 1 aliphatic rings. The van der Waals surface area contributed by atoms with E-state index >= 15 is 0 Å². The summed E-state index contributed by atoms with van der Waals surface area (Å²) in [6.07, 6.45) is -7.04. The number of hydrogen-bond donors (Lipinski definition) is 7. The minimum Gasteiger partial charge on any atom is -0.473 e. The third-order valence-corrected chi connectivity index (χ3v) is 2.05. The average Bonchev–Trinajstić information content (AvgIpc) is 2.31. The molecule has 0 amide bonds. The standard InChI is InChI=1S/C6H12O6.C2H2O4/c7-1-2-3(8)4(9)5(10)6(11)12-2;3-1(4)2(5)6/h2-11H,1H2;(H,3,4)(H,5,6)/t2-,3-,4+,5+,6-;/m0./s1. The molecule has 1 aliphatic heterocycles. The smallest absolute Gasteiger partial charge is 0.414 e. The van der Waals surface area contributed by atoms with Crippen LogP contribution in [-0.4, -0.2) is 85.0 Å². The number of carboxylic acids is 2. The van der Waals surface area contributed by atoms with Crippen molar-refractivity contribution in [2.24, 2.45) is 0 Å². The number of rotatable bonds is 1. The number of aliphatic carboxylic acids is 2. The minimum absolute atomic E-state index is 0.526. The van der Waals surface area contributed by atoms with Crippen molar-refractivity contribution in [2.45, 2.75) is 30.7 Å². The van der Waals surface area contributed by atoms with Gasteiger partial charge in [0, 0.05) is 0 Å². The van der Waals surface area contributed by atoms with Crippen LogP contribution in [0.15, 0.2) is 0 Å². The molecule has 1 heterocycles. The maximum absolute atomic E-state index is 9.12. The quantitative estimate of drug-likeness (QED) is 0.231. The largest absolute Gasteiger partial charge is 0.473 e. The first kappa shape index (κ1) is 16.7. The summed E-state index contributed by atoms with van der Waals surface area (Å²) in [5, 5.41) is 59.4. The number of hydrogen-bond acceptors (Lipinski definition) is 8. The van der Waals surface area contributed by atoms with Crippen LogP contribution < -0.4 is 0 Å². The normalized spacial score (nSPS) is 35.3. The van der Waals surface area contributed by atoms with Crippen molar-refractivity contribution in [3.8, 4) is 0 Å². The van der Waals surface area contributed by atoms with Gasteiger partial charge in [-0.3, -0.25) is 0 Å². The zero-order valence-electron chi connectivity index (χ0n) is 8.95. The molecule has 10 heteroatoms. The van der Waals surface area contributed by atoms with Gasteiger partial charge in [-0.15, -0.1) is 0 Å². The van der Waals surface area contributed by atoms with Gasteiger partial charge in [0.2, 0.25) is 0 Å². The fourth-order valence-corrected chi connectivity index (χ4v) is 1.08. The van der Waals surface area contributed by atoms with Crippen molar-refractivity contribution in [1.82, 2.24) is 0 Å². The Kier molecular flexibility index (Phi) is 6.68. The summed E-state index contributed by atoms with van der Waals surface area (Å²) >= 11 is 0. The van der Waals surface area contributed by atoms with Gasteiger partial charge in [-0.25, -0.2) is 9.59 Å². The molecule has 1 saturated heterocycles. The molecule has 1 rings (SSSR count). The Balaban J connectivity index is 0.000000411. The summed E-state index contributed by atoms with van der Waals surface area (Å²) in [5.74, 6) is -3.65. The number of aliphatic hydroxyl groups is 5. The summed E-state index contributed by atoms with van der Waals surface area (Å²) in [4.78, 5) is 18.2. The second-order valence-electron chi connectivity index (χ2n) is 3.33. The summed E-state index contributed by atoms with van der Waals surface area (Å²) in [6, 6.07) is 0. The molecule has 7 N–H and O–H groups in total. The molecular formula is C8H14O10. The van der Waals surface area contributed by atoms with E-state index in [-0.39, 0.29) is 0 Å². The van der Waals surface area contributed by atoms with E-state index in [2.05, 4.69) is 4.74 Å². The molecule has 0 bridgehead atoms. The lowest BCUT2D eigenvalue weighted by Gasteiger charge is -2.37. The Labute approximate surface area is 100 Å². The van der Waals surface area contributed by atoms with Gasteiger partial charge in [0.1, 0.15) is 24.4 Å². The van der Waals surface area contributed by atoms with Crippen LogP contribution >= 0.6 is 0 Å². The molecule has 5 atom stereocenters. The lowest BCUT2D eigenvalue weighted by atomic mass is 10.00. The van der Waals surface area contributed by atoms with E-state index in [1.165, 1.54) is 0 Å². The fraction of sp³-hybridized carbons (Fsp3) is 0.750. The monoisotopic (exact) mass is 270 g/mol. The lowest BCUT2D eigenvalue weighted by molar-refractivity contribution is -0.286. The van der Waals surface area contributed by atoms with Crippen molar-refractivity contribution in [3.05, 3.63) is 0 Å². The zero-order chi connectivity index (χ0) is 14.5. The van der Waals surface area contributed by atoms with Crippen LogP contribution in [0.5, 0.6) is 0 Å². The van der Waals surface area contributed by atoms with Gasteiger partial charge < -0.3 is 40.5 Å². The summed E-state index contributed by atoms with van der Waals surface area (Å²) in [6.45, 7) is -0.526. The van der Waals surface area contributed by atoms with E-state index in [0.29, 0.717) is 0 Å². The summed E-state index contributed by atoms with van der Waals surface area (Å²) in [5.41, 5.74) is 0. The third kappa shape index (κ3) is 4.52. The van der Waals surface area contributed by atoms with E-state index in [4.69, 9.17) is 45.3 Å². The molecule has 0 spiro atoms. The second-order valence-corrected chi connectivity index (χ2v) is 3.33. The van der Waals surface area contributed by atoms with E-state index in [0.717, 1.165) is 0 Å². The summed E-state index contributed by atoms with van der Waals surface area (Å²) < 4.78 is 4.58. The predicted molar refractivity (Wildman–Crippen MR) is 51.3 cm³/mol. The van der Waals surface area contributed by atoms with Gasteiger partial charge in [-0.2, -0.15) is 0 Å². The van der Waals surface area contributed by atoms with E-state index in [1.54, 1.807) is 0 Å². The van der Waals surface area contributed by atoms with Crippen LogP contribution in [0.1, 0.15) is 0 Å². The van der Waals surface area contributed by atoms with Crippen LogP contribution in [0, 0.1) is 0 Å². The van der Waals surface area contributed by atoms with Crippen LogP contribution in [0.4, 0.5) is 0 Å². The van der Waals surface area contributed by atoms with Crippen LogP contribution in [0.25, 0.3) is 0 Å². The molecule has 18 heavy (non-hydrogen) atoms. The number of ether oxygens (including phenoxy) is 1. The van der Waals surface area contributed by atoms with Crippen LogP contribution in [0.2, 0.25) is 0 Å². The molecule has 10 nitrogen and oxygen atoms in total. The van der Waals surface area contributed by atoms with Crippen molar-refractivity contribution in [2.75, 3.05) is 6.61 Å².